The van der Waals surface area contributed by atoms with Gasteiger partial charge in [0.15, 0.2) is 0 Å². The van der Waals surface area contributed by atoms with E-state index >= 15 is 0 Å². The van der Waals surface area contributed by atoms with Crippen LogP contribution >= 0.6 is 0 Å². The molecule has 1 fully saturated rings. The summed E-state index contributed by atoms with van der Waals surface area (Å²) in [7, 11) is 1.69. The van der Waals surface area contributed by atoms with E-state index in [1.807, 2.05) is 13.8 Å². The molecule has 1 aliphatic heterocycles. The van der Waals surface area contributed by atoms with Crippen LogP contribution in [0.4, 0.5) is 0 Å². The molecule has 1 saturated heterocycles. The number of nitrogens with zero attached hydrogens (tertiary/aromatic N) is 1. The SMILES string of the molecule is CC(C)CNC(=O)CN(C)C(=O)CC1CCCN1. The molecule has 0 spiro atoms. The van der Waals surface area contributed by atoms with Crippen molar-refractivity contribution in [2.45, 2.75) is 39.2 Å². The van der Waals surface area contributed by atoms with Crippen molar-refractivity contribution < 1.29 is 9.59 Å². The van der Waals surface area contributed by atoms with Gasteiger partial charge in [-0.05, 0) is 25.3 Å². The molecule has 0 aromatic carbocycles. The van der Waals surface area contributed by atoms with Gasteiger partial charge in [-0.1, -0.05) is 13.8 Å². The van der Waals surface area contributed by atoms with E-state index in [-0.39, 0.29) is 18.4 Å². The number of amides is 2. The maximum Gasteiger partial charge on any atom is 0.239 e. The van der Waals surface area contributed by atoms with Crippen LogP contribution in [0.3, 0.4) is 0 Å². The number of hydrogen-bond donors (Lipinski definition) is 2. The Balaban J connectivity index is 2.23. The Bertz CT molecular complexity index is 286. The molecular formula is C13H25N3O2. The predicted molar refractivity (Wildman–Crippen MR) is 71.1 cm³/mol. The van der Waals surface area contributed by atoms with E-state index in [9.17, 15) is 9.59 Å². The fourth-order valence-electron chi connectivity index (χ4n) is 1.98. The molecule has 1 aliphatic rings. The monoisotopic (exact) mass is 255 g/mol. The summed E-state index contributed by atoms with van der Waals surface area (Å²) in [6.45, 7) is 5.89. The number of carbonyl (C=O) groups is 2. The molecule has 1 atom stereocenters. The van der Waals surface area contributed by atoms with Crippen molar-refractivity contribution in [2.75, 3.05) is 26.7 Å². The molecule has 0 saturated carbocycles. The lowest BCUT2D eigenvalue weighted by atomic mass is 10.1. The highest BCUT2D eigenvalue weighted by Gasteiger charge is 2.20. The van der Waals surface area contributed by atoms with Crippen molar-refractivity contribution in [1.82, 2.24) is 15.5 Å². The van der Waals surface area contributed by atoms with Crippen LogP contribution < -0.4 is 10.6 Å². The van der Waals surface area contributed by atoms with Crippen LogP contribution in [-0.2, 0) is 9.59 Å². The topological polar surface area (TPSA) is 61.4 Å². The van der Waals surface area contributed by atoms with Crippen molar-refractivity contribution in [2.24, 2.45) is 5.92 Å². The zero-order valence-electron chi connectivity index (χ0n) is 11.7. The predicted octanol–water partition coefficient (Wildman–Crippen LogP) is 0.359. The minimum absolute atomic E-state index is 0.0362. The standard InChI is InChI=1S/C13H25N3O2/c1-10(2)8-15-12(17)9-16(3)13(18)7-11-5-4-6-14-11/h10-11,14H,4-9H2,1-3H3,(H,15,17). The molecule has 1 heterocycles. The van der Waals surface area contributed by atoms with Gasteiger partial charge in [-0.25, -0.2) is 0 Å². The van der Waals surface area contributed by atoms with Crippen molar-refractivity contribution in [3.8, 4) is 0 Å². The van der Waals surface area contributed by atoms with Gasteiger partial charge in [0.1, 0.15) is 0 Å². The van der Waals surface area contributed by atoms with Gasteiger partial charge in [-0.2, -0.15) is 0 Å². The summed E-state index contributed by atoms with van der Waals surface area (Å²) in [4.78, 5) is 25.0. The van der Waals surface area contributed by atoms with Gasteiger partial charge in [0.05, 0.1) is 6.54 Å². The summed E-state index contributed by atoms with van der Waals surface area (Å²) >= 11 is 0. The van der Waals surface area contributed by atoms with Crippen LogP contribution in [0.1, 0.15) is 33.1 Å². The van der Waals surface area contributed by atoms with Crippen LogP contribution in [0.25, 0.3) is 0 Å². The van der Waals surface area contributed by atoms with Gasteiger partial charge in [-0.3, -0.25) is 9.59 Å². The van der Waals surface area contributed by atoms with Crippen LogP contribution in [0.2, 0.25) is 0 Å². The summed E-state index contributed by atoms with van der Waals surface area (Å²) in [6, 6.07) is 0.290. The molecule has 5 heteroatoms. The third-order valence-corrected chi connectivity index (χ3v) is 3.10. The maximum absolute atomic E-state index is 11.9. The first-order valence-corrected chi connectivity index (χ1v) is 6.73. The molecular weight excluding hydrogens is 230 g/mol. The number of nitrogens with one attached hydrogen (secondary N) is 2. The number of carbonyl (C=O) groups excluding carboxylic acids is 2. The van der Waals surface area contributed by atoms with E-state index in [1.54, 1.807) is 7.05 Å². The largest absolute Gasteiger partial charge is 0.354 e. The minimum Gasteiger partial charge on any atom is -0.354 e. The van der Waals surface area contributed by atoms with Crippen LogP contribution in [0.15, 0.2) is 0 Å². The lowest BCUT2D eigenvalue weighted by molar-refractivity contribution is -0.135. The zero-order valence-corrected chi connectivity index (χ0v) is 11.7. The number of rotatable bonds is 6. The van der Waals surface area contributed by atoms with E-state index in [1.165, 1.54) is 4.90 Å². The molecule has 1 unspecified atom stereocenters. The average Bonchev–Trinajstić information content (AvgIpc) is 2.79. The third kappa shape index (κ3) is 5.49. The Labute approximate surface area is 109 Å². The Hall–Kier alpha value is -1.10. The normalized spacial score (nSPS) is 19.0. The minimum atomic E-state index is -0.0843. The second-order valence-electron chi connectivity index (χ2n) is 5.45. The fraction of sp³-hybridized carbons (Fsp3) is 0.846. The molecule has 0 aliphatic carbocycles. The summed E-state index contributed by atoms with van der Waals surface area (Å²) in [5, 5.41) is 6.10. The lowest BCUT2D eigenvalue weighted by Gasteiger charge is -2.19. The van der Waals surface area contributed by atoms with E-state index < -0.39 is 0 Å². The summed E-state index contributed by atoms with van der Waals surface area (Å²) in [5.74, 6) is 0.380. The highest BCUT2D eigenvalue weighted by Crippen LogP contribution is 2.09. The number of likely N-dealkylation sites (N-methyl/N-ethyl adjacent to an activating group) is 1. The molecule has 2 N–H and O–H groups in total. The van der Waals surface area contributed by atoms with Gasteiger partial charge in [0, 0.05) is 26.1 Å². The fourth-order valence-corrected chi connectivity index (χ4v) is 1.98. The first-order chi connectivity index (χ1) is 8.49. The first-order valence-electron chi connectivity index (χ1n) is 6.73. The molecule has 0 radical (unpaired) electrons. The smallest absolute Gasteiger partial charge is 0.239 e. The maximum atomic E-state index is 11.9. The molecule has 1 rings (SSSR count). The van der Waals surface area contributed by atoms with Crippen LogP contribution in [0.5, 0.6) is 0 Å². The molecule has 0 aromatic heterocycles. The molecule has 5 nitrogen and oxygen atoms in total. The van der Waals surface area contributed by atoms with Gasteiger partial charge < -0.3 is 15.5 Å². The summed E-state index contributed by atoms with van der Waals surface area (Å²) in [6.07, 6.45) is 2.68. The van der Waals surface area contributed by atoms with E-state index in [4.69, 9.17) is 0 Å². The van der Waals surface area contributed by atoms with Crippen molar-refractivity contribution in [1.29, 1.82) is 0 Å². The molecule has 18 heavy (non-hydrogen) atoms. The second kappa shape index (κ2) is 7.36. The van der Waals surface area contributed by atoms with Crippen molar-refractivity contribution in [3.05, 3.63) is 0 Å². The van der Waals surface area contributed by atoms with Crippen LogP contribution in [-0.4, -0.2) is 49.4 Å². The van der Waals surface area contributed by atoms with Gasteiger partial charge in [0.25, 0.3) is 0 Å². The molecule has 0 aromatic rings. The van der Waals surface area contributed by atoms with Crippen molar-refractivity contribution in [3.63, 3.8) is 0 Å². The molecule has 0 bridgehead atoms. The summed E-state index contributed by atoms with van der Waals surface area (Å²) in [5.41, 5.74) is 0. The van der Waals surface area contributed by atoms with Crippen LogP contribution in [0, 0.1) is 5.92 Å². The van der Waals surface area contributed by atoms with Crippen molar-refractivity contribution >= 4 is 11.8 Å². The quantitative estimate of drug-likeness (QED) is 0.720. The highest BCUT2D eigenvalue weighted by molar-refractivity contribution is 5.84. The van der Waals surface area contributed by atoms with E-state index in [0.717, 1.165) is 19.4 Å². The average molecular weight is 255 g/mol. The first kappa shape index (κ1) is 15.0. The highest BCUT2D eigenvalue weighted by atomic mass is 16.2. The third-order valence-electron chi connectivity index (χ3n) is 3.10. The van der Waals surface area contributed by atoms with E-state index in [0.29, 0.717) is 24.9 Å². The Kier molecular flexibility index (Phi) is 6.12. The van der Waals surface area contributed by atoms with E-state index in [2.05, 4.69) is 10.6 Å². The Morgan fingerprint density at radius 1 is 1.44 bits per heavy atom. The van der Waals surface area contributed by atoms with Gasteiger partial charge in [-0.15, -0.1) is 0 Å². The molecule has 104 valence electrons. The zero-order chi connectivity index (χ0) is 13.5. The Morgan fingerprint density at radius 3 is 2.72 bits per heavy atom. The van der Waals surface area contributed by atoms with Gasteiger partial charge in [0.2, 0.25) is 11.8 Å². The summed E-state index contributed by atoms with van der Waals surface area (Å²) < 4.78 is 0. The molecule has 2 amide bonds. The Morgan fingerprint density at radius 2 is 2.17 bits per heavy atom. The van der Waals surface area contributed by atoms with Gasteiger partial charge >= 0.3 is 0 Å². The number of hydrogen-bond acceptors (Lipinski definition) is 3. The lowest BCUT2D eigenvalue weighted by Crippen LogP contribution is -2.41. The second-order valence-corrected chi connectivity index (χ2v) is 5.45.